The maximum absolute atomic E-state index is 12.5. The van der Waals surface area contributed by atoms with Crippen LogP contribution in [0.15, 0.2) is 52.0 Å². The Morgan fingerprint density at radius 1 is 1.03 bits per heavy atom. The predicted octanol–water partition coefficient (Wildman–Crippen LogP) is 5.88. The third-order valence-corrected chi connectivity index (χ3v) is 5.14. The number of hydrogen-bond donors (Lipinski definition) is 1. The number of unbranched alkanes of at least 4 members (excludes halogenated alkanes) is 5. The number of amides is 1. The van der Waals surface area contributed by atoms with E-state index in [2.05, 4.69) is 33.4 Å². The van der Waals surface area contributed by atoms with E-state index in [-0.39, 0.29) is 5.91 Å². The maximum Gasteiger partial charge on any atom is 0.343 e. The maximum atomic E-state index is 12.5. The van der Waals surface area contributed by atoms with E-state index in [1.54, 1.807) is 49.6 Å². The molecule has 0 saturated carbocycles. The molecule has 0 heterocycles. The topological polar surface area (TPSA) is 77.0 Å². The van der Waals surface area contributed by atoms with Crippen molar-refractivity contribution in [1.29, 1.82) is 0 Å². The van der Waals surface area contributed by atoms with E-state index in [0.717, 1.165) is 23.7 Å². The molecule has 0 fully saturated rings. The molecule has 1 N–H and O–H groups in total. The average molecular weight is 489 g/mol. The lowest BCUT2D eigenvalue weighted by Gasteiger charge is -2.08. The summed E-state index contributed by atoms with van der Waals surface area (Å²) in [5, 5.41) is 4.02. The van der Waals surface area contributed by atoms with Crippen molar-refractivity contribution in [3.8, 4) is 11.5 Å². The minimum absolute atomic E-state index is 0.126. The Morgan fingerprint density at radius 3 is 2.45 bits per heavy atom. The fourth-order valence-electron chi connectivity index (χ4n) is 2.89. The lowest BCUT2D eigenvalue weighted by Crippen LogP contribution is -2.17. The summed E-state index contributed by atoms with van der Waals surface area (Å²) in [4.78, 5) is 24.4. The number of nitrogens with zero attached hydrogens (tertiary/aromatic N) is 1. The molecule has 7 heteroatoms. The zero-order valence-corrected chi connectivity index (χ0v) is 19.6. The molecule has 0 bridgehead atoms. The van der Waals surface area contributed by atoms with E-state index in [1.807, 2.05) is 0 Å². The van der Waals surface area contributed by atoms with Crippen LogP contribution in [0.1, 0.15) is 67.8 Å². The van der Waals surface area contributed by atoms with Gasteiger partial charge in [0.15, 0.2) is 0 Å². The van der Waals surface area contributed by atoms with E-state index in [0.29, 0.717) is 29.0 Å². The number of halogens is 1. The van der Waals surface area contributed by atoms with Gasteiger partial charge in [0.25, 0.3) is 0 Å². The highest BCUT2D eigenvalue weighted by molar-refractivity contribution is 9.10. The van der Waals surface area contributed by atoms with Gasteiger partial charge < -0.3 is 9.47 Å². The highest BCUT2D eigenvalue weighted by Crippen LogP contribution is 2.23. The Bertz CT molecular complexity index is 882. The van der Waals surface area contributed by atoms with E-state index in [9.17, 15) is 9.59 Å². The van der Waals surface area contributed by atoms with Crippen molar-refractivity contribution in [2.24, 2.45) is 5.10 Å². The van der Waals surface area contributed by atoms with Gasteiger partial charge in [0.2, 0.25) is 5.91 Å². The molecular formula is C24H29BrN2O4. The molecule has 2 rings (SSSR count). The number of carbonyl (C=O) groups excluding carboxylic acids is 2. The summed E-state index contributed by atoms with van der Waals surface area (Å²) in [7, 11) is 1.56. The van der Waals surface area contributed by atoms with Gasteiger partial charge in [-0.15, -0.1) is 0 Å². The summed E-state index contributed by atoms with van der Waals surface area (Å²) >= 11 is 3.40. The van der Waals surface area contributed by atoms with E-state index < -0.39 is 5.97 Å². The average Bonchev–Trinajstić information content (AvgIpc) is 2.78. The van der Waals surface area contributed by atoms with Gasteiger partial charge in [-0.25, -0.2) is 10.2 Å². The Hall–Kier alpha value is -2.67. The standard InChI is InChI=1S/C24H29BrN2O4/c1-3-4-5-6-7-8-9-23(28)27-26-17-19-16-20(25)12-15-22(19)31-24(29)18-10-13-21(30-2)14-11-18/h10-17H,3-9H2,1-2H3,(H,27,28)/b26-17+. The van der Waals surface area contributed by atoms with Gasteiger partial charge in [-0.1, -0.05) is 55.0 Å². The molecule has 0 aromatic heterocycles. The van der Waals surface area contributed by atoms with Crippen molar-refractivity contribution in [1.82, 2.24) is 5.43 Å². The molecule has 0 aliphatic carbocycles. The second-order valence-corrected chi connectivity index (χ2v) is 8.03. The van der Waals surface area contributed by atoms with Crippen LogP contribution < -0.4 is 14.9 Å². The van der Waals surface area contributed by atoms with Crippen LogP contribution in [-0.4, -0.2) is 25.2 Å². The minimum atomic E-state index is -0.494. The first-order valence-electron chi connectivity index (χ1n) is 10.5. The normalized spacial score (nSPS) is 10.8. The molecule has 0 radical (unpaired) electrons. The minimum Gasteiger partial charge on any atom is -0.497 e. The zero-order valence-electron chi connectivity index (χ0n) is 18.0. The van der Waals surface area contributed by atoms with Gasteiger partial charge in [0.1, 0.15) is 11.5 Å². The lowest BCUT2D eigenvalue weighted by atomic mass is 10.1. The first kappa shape index (κ1) is 24.6. The molecule has 1 amide bonds. The first-order valence-corrected chi connectivity index (χ1v) is 11.3. The number of rotatable bonds is 12. The Kier molecular flexibility index (Phi) is 10.8. The number of nitrogens with one attached hydrogen (secondary N) is 1. The molecule has 2 aromatic rings. The quantitative estimate of drug-likeness (QED) is 0.133. The van der Waals surface area contributed by atoms with Crippen molar-refractivity contribution in [2.45, 2.75) is 51.9 Å². The molecular weight excluding hydrogens is 460 g/mol. The molecule has 0 spiro atoms. The SMILES string of the molecule is CCCCCCCCC(=O)N/N=C/c1cc(Br)ccc1OC(=O)c1ccc(OC)cc1. The number of methoxy groups -OCH3 is 1. The molecule has 0 saturated heterocycles. The zero-order chi connectivity index (χ0) is 22.5. The first-order chi connectivity index (χ1) is 15.0. The summed E-state index contributed by atoms with van der Waals surface area (Å²) in [5.41, 5.74) is 3.51. The molecule has 0 unspecified atom stereocenters. The van der Waals surface area contributed by atoms with Crippen LogP contribution >= 0.6 is 15.9 Å². The third kappa shape index (κ3) is 8.92. The van der Waals surface area contributed by atoms with Crippen molar-refractivity contribution in [2.75, 3.05) is 7.11 Å². The van der Waals surface area contributed by atoms with Crippen molar-refractivity contribution < 1.29 is 19.1 Å². The summed E-state index contributed by atoms with van der Waals surface area (Å²) in [6.45, 7) is 2.18. The molecule has 6 nitrogen and oxygen atoms in total. The van der Waals surface area contributed by atoms with E-state index >= 15 is 0 Å². The number of ether oxygens (including phenoxy) is 2. The highest BCUT2D eigenvalue weighted by atomic mass is 79.9. The van der Waals surface area contributed by atoms with Crippen LogP contribution in [0.3, 0.4) is 0 Å². The summed E-state index contributed by atoms with van der Waals surface area (Å²) < 4.78 is 11.4. The molecule has 0 atom stereocenters. The van der Waals surface area contributed by atoms with E-state index in [1.165, 1.54) is 25.5 Å². The third-order valence-electron chi connectivity index (χ3n) is 4.65. The van der Waals surface area contributed by atoms with Gasteiger partial charge in [-0.2, -0.15) is 5.10 Å². The van der Waals surface area contributed by atoms with Crippen molar-refractivity contribution in [3.05, 3.63) is 58.1 Å². The highest BCUT2D eigenvalue weighted by Gasteiger charge is 2.12. The summed E-state index contributed by atoms with van der Waals surface area (Å²) in [6.07, 6.45) is 8.65. The Morgan fingerprint density at radius 2 is 1.74 bits per heavy atom. The second kappa shape index (κ2) is 13.6. The molecule has 2 aromatic carbocycles. The van der Waals surface area contributed by atoms with Crippen LogP contribution in [0.4, 0.5) is 0 Å². The molecule has 0 aliphatic rings. The number of benzene rings is 2. The Labute approximate surface area is 192 Å². The predicted molar refractivity (Wildman–Crippen MR) is 126 cm³/mol. The van der Waals surface area contributed by atoms with Gasteiger partial charge in [0, 0.05) is 16.5 Å². The van der Waals surface area contributed by atoms with Crippen molar-refractivity contribution in [3.63, 3.8) is 0 Å². The number of hydrazone groups is 1. The van der Waals surface area contributed by atoms with Crippen molar-refractivity contribution >= 4 is 34.0 Å². The molecule has 0 aliphatic heterocycles. The fourth-order valence-corrected chi connectivity index (χ4v) is 3.27. The van der Waals surface area contributed by atoms with Gasteiger partial charge in [-0.3, -0.25) is 4.79 Å². The molecule has 166 valence electrons. The summed E-state index contributed by atoms with van der Waals surface area (Å²) in [6, 6.07) is 11.9. The van der Waals surface area contributed by atoms with Gasteiger partial charge >= 0.3 is 5.97 Å². The number of esters is 1. The second-order valence-electron chi connectivity index (χ2n) is 7.11. The summed E-state index contributed by atoms with van der Waals surface area (Å²) in [5.74, 6) is 0.382. The smallest absolute Gasteiger partial charge is 0.343 e. The van der Waals surface area contributed by atoms with Crippen LogP contribution in [0.25, 0.3) is 0 Å². The van der Waals surface area contributed by atoms with Crippen LogP contribution in [0, 0.1) is 0 Å². The monoisotopic (exact) mass is 488 g/mol. The van der Waals surface area contributed by atoms with Crippen LogP contribution in [0.2, 0.25) is 0 Å². The lowest BCUT2D eigenvalue weighted by molar-refractivity contribution is -0.121. The Balaban J connectivity index is 1.91. The van der Waals surface area contributed by atoms with Crippen LogP contribution in [0.5, 0.6) is 11.5 Å². The van der Waals surface area contributed by atoms with Gasteiger partial charge in [-0.05, 0) is 48.9 Å². The van der Waals surface area contributed by atoms with E-state index in [4.69, 9.17) is 9.47 Å². The molecule has 31 heavy (non-hydrogen) atoms. The van der Waals surface area contributed by atoms with Gasteiger partial charge in [0.05, 0.1) is 18.9 Å². The largest absolute Gasteiger partial charge is 0.497 e. The number of hydrogen-bond acceptors (Lipinski definition) is 5. The fraction of sp³-hybridized carbons (Fsp3) is 0.375. The number of carbonyl (C=O) groups is 2. The van der Waals surface area contributed by atoms with Crippen LogP contribution in [-0.2, 0) is 4.79 Å².